The molecule has 0 aromatic rings. The third-order valence-corrected chi connectivity index (χ3v) is 6.43. The summed E-state index contributed by atoms with van der Waals surface area (Å²) in [7, 11) is 0. The summed E-state index contributed by atoms with van der Waals surface area (Å²) in [5, 5.41) is 3.15. The second kappa shape index (κ2) is 5.82. The highest BCUT2D eigenvalue weighted by molar-refractivity contribution is 14.1. The molecule has 4 atom stereocenters. The number of carbonyl (C=O) groups is 2. The first-order valence-electron chi connectivity index (χ1n) is 7.60. The average molecular weight is 435 g/mol. The number of alkyl halides is 1. The first-order valence-corrected chi connectivity index (χ1v) is 9.22. The zero-order valence-corrected chi connectivity index (χ0v) is 15.3. The van der Waals surface area contributed by atoms with Gasteiger partial charge in [0.05, 0.1) is 17.3 Å². The molecule has 3 fully saturated rings. The van der Waals surface area contributed by atoms with Crippen LogP contribution in [0.2, 0.25) is 0 Å². The zero-order chi connectivity index (χ0) is 16.1. The molecule has 120 valence electrons. The van der Waals surface area contributed by atoms with Crippen LogP contribution in [0, 0.1) is 11.3 Å². The number of hydrogen-bond donors (Lipinski definition) is 1. The van der Waals surface area contributed by atoms with Gasteiger partial charge in [0.15, 0.2) is 5.78 Å². The fourth-order valence-corrected chi connectivity index (χ4v) is 4.95. The number of Topliss-reactive ketones (excluding diaryl/α,β-unsaturated/α-hetero) is 1. The van der Waals surface area contributed by atoms with E-state index in [0.717, 1.165) is 28.5 Å². The molecule has 3 rings (SSSR count). The summed E-state index contributed by atoms with van der Waals surface area (Å²) in [5.74, 6) is 0.356. The fraction of sp³-hybridized carbons (Fsp3) is 0.625. The van der Waals surface area contributed by atoms with E-state index in [4.69, 9.17) is 11.6 Å². The molecule has 1 saturated carbocycles. The molecule has 0 aromatic heterocycles. The summed E-state index contributed by atoms with van der Waals surface area (Å²) >= 11 is 7.90. The van der Waals surface area contributed by atoms with Crippen LogP contribution in [0.3, 0.4) is 0 Å². The Kier molecular flexibility index (Phi) is 4.31. The van der Waals surface area contributed by atoms with Gasteiger partial charge >= 0.3 is 0 Å². The van der Waals surface area contributed by atoms with Crippen molar-refractivity contribution in [3.63, 3.8) is 0 Å². The van der Waals surface area contributed by atoms with Crippen LogP contribution >= 0.6 is 34.2 Å². The standard InChI is InChI=1S/C16H20ClIN2O2/c1-9(18)10(2)20-8-16(6-13(20)14(21)7-17)11-4-3-5-12(11)19-15(16)22/h11-13H,1-8H2,(H,19,22). The maximum Gasteiger partial charge on any atom is 0.228 e. The van der Waals surface area contributed by atoms with Crippen LogP contribution in [0.15, 0.2) is 22.4 Å². The molecule has 6 heteroatoms. The maximum atomic E-state index is 12.7. The summed E-state index contributed by atoms with van der Waals surface area (Å²) in [6.07, 6.45) is 3.79. The molecule has 2 aliphatic heterocycles. The number of rotatable bonds is 4. The molecule has 4 unspecified atom stereocenters. The van der Waals surface area contributed by atoms with Gasteiger partial charge in [0.1, 0.15) is 0 Å². The Morgan fingerprint density at radius 3 is 2.82 bits per heavy atom. The summed E-state index contributed by atoms with van der Waals surface area (Å²) in [6.45, 7) is 8.53. The Bertz CT molecular complexity index is 564. The lowest BCUT2D eigenvalue weighted by molar-refractivity contribution is -0.128. The molecule has 1 aliphatic carbocycles. The number of amides is 1. The largest absolute Gasteiger partial charge is 0.360 e. The van der Waals surface area contributed by atoms with Crippen LogP contribution in [0.25, 0.3) is 0 Å². The summed E-state index contributed by atoms with van der Waals surface area (Å²) in [6, 6.07) is -0.0862. The molecule has 1 amide bonds. The highest BCUT2D eigenvalue weighted by Gasteiger charge is 2.62. The highest BCUT2D eigenvalue weighted by Crippen LogP contribution is 2.53. The highest BCUT2D eigenvalue weighted by atomic mass is 127. The second-order valence-electron chi connectivity index (χ2n) is 6.57. The van der Waals surface area contributed by atoms with Crippen LogP contribution in [0.5, 0.6) is 0 Å². The third kappa shape index (κ3) is 2.31. The van der Waals surface area contributed by atoms with Crippen molar-refractivity contribution in [2.45, 2.75) is 37.8 Å². The quantitative estimate of drug-likeness (QED) is 0.420. The monoisotopic (exact) mass is 434 g/mol. The number of halogens is 2. The van der Waals surface area contributed by atoms with E-state index in [0.29, 0.717) is 18.9 Å². The topological polar surface area (TPSA) is 49.4 Å². The lowest BCUT2D eigenvalue weighted by Gasteiger charge is -2.29. The number of nitrogens with one attached hydrogen (secondary N) is 1. The maximum absolute atomic E-state index is 12.7. The molecule has 22 heavy (non-hydrogen) atoms. The summed E-state index contributed by atoms with van der Waals surface area (Å²) < 4.78 is 0.795. The molecule has 3 aliphatic rings. The molecule has 2 saturated heterocycles. The Labute approximate surface area is 149 Å². The molecule has 1 N–H and O–H groups in total. The Morgan fingerprint density at radius 1 is 1.45 bits per heavy atom. The van der Waals surface area contributed by atoms with Gasteiger partial charge in [-0.2, -0.15) is 0 Å². The van der Waals surface area contributed by atoms with E-state index < -0.39 is 5.41 Å². The number of carbonyl (C=O) groups excluding carboxylic acids is 2. The molecule has 2 heterocycles. The normalized spacial score (nSPS) is 36.5. The van der Waals surface area contributed by atoms with Crippen molar-refractivity contribution in [1.29, 1.82) is 0 Å². The fourth-order valence-electron chi connectivity index (χ4n) is 4.46. The van der Waals surface area contributed by atoms with Crippen LogP contribution in [0.4, 0.5) is 0 Å². The minimum absolute atomic E-state index is 0.0338. The van der Waals surface area contributed by atoms with E-state index >= 15 is 0 Å². The number of ketones is 1. The van der Waals surface area contributed by atoms with Crippen LogP contribution < -0.4 is 5.32 Å². The SMILES string of the molecule is C=C(I)C(=C)N1CC2(CC1C(=O)CCl)C(=O)NC1CCCC12. The van der Waals surface area contributed by atoms with Crippen molar-refractivity contribution in [2.24, 2.45) is 11.3 Å². The van der Waals surface area contributed by atoms with Crippen molar-refractivity contribution in [3.05, 3.63) is 22.4 Å². The Hall–Kier alpha value is -0.560. The van der Waals surface area contributed by atoms with Crippen molar-refractivity contribution >= 4 is 45.9 Å². The van der Waals surface area contributed by atoms with Gasteiger partial charge in [-0.1, -0.05) is 19.6 Å². The van der Waals surface area contributed by atoms with Crippen molar-refractivity contribution < 1.29 is 9.59 Å². The van der Waals surface area contributed by atoms with Gasteiger partial charge in [-0.05, 0) is 47.8 Å². The Morgan fingerprint density at radius 2 is 2.18 bits per heavy atom. The lowest BCUT2D eigenvalue weighted by Crippen LogP contribution is -2.38. The predicted molar refractivity (Wildman–Crippen MR) is 94.8 cm³/mol. The van der Waals surface area contributed by atoms with E-state index in [1.807, 2.05) is 4.90 Å². The molecular formula is C16H20ClIN2O2. The van der Waals surface area contributed by atoms with Crippen molar-refractivity contribution in [3.8, 4) is 0 Å². The van der Waals surface area contributed by atoms with Gasteiger partial charge in [0.25, 0.3) is 0 Å². The predicted octanol–water partition coefficient (Wildman–Crippen LogP) is 2.62. The summed E-state index contributed by atoms with van der Waals surface area (Å²) in [4.78, 5) is 26.9. The minimum Gasteiger partial charge on any atom is -0.360 e. The number of likely N-dealkylation sites (tertiary alicyclic amines) is 1. The summed E-state index contributed by atoms with van der Waals surface area (Å²) in [5.41, 5.74) is 0.262. The number of allylic oxidation sites excluding steroid dienone is 1. The first-order chi connectivity index (χ1) is 10.4. The van der Waals surface area contributed by atoms with E-state index in [1.165, 1.54) is 0 Å². The molecule has 0 bridgehead atoms. The van der Waals surface area contributed by atoms with E-state index in [9.17, 15) is 9.59 Å². The van der Waals surface area contributed by atoms with Crippen molar-refractivity contribution in [2.75, 3.05) is 12.4 Å². The van der Waals surface area contributed by atoms with Gasteiger partial charge in [-0.15, -0.1) is 11.6 Å². The van der Waals surface area contributed by atoms with Crippen LogP contribution in [0.1, 0.15) is 25.7 Å². The van der Waals surface area contributed by atoms with Gasteiger partial charge in [0, 0.05) is 21.9 Å². The molecule has 4 nitrogen and oxygen atoms in total. The van der Waals surface area contributed by atoms with Gasteiger partial charge in [0.2, 0.25) is 5.91 Å². The van der Waals surface area contributed by atoms with Gasteiger partial charge < -0.3 is 10.2 Å². The van der Waals surface area contributed by atoms with Crippen LogP contribution in [-0.4, -0.2) is 41.1 Å². The number of hydrogen-bond acceptors (Lipinski definition) is 3. The van der Waals surface area contributed by atoms with Crippen LogP contribution in [-0.2, 0) is 9.59 Å². The van der Waals surface area contributed by atoms with Crippen molar-refractivity contribution in [1.82, 2.24) is 10.2 Å². The number of fused-ring (bicyclic) bond motifs is 2. The van der Waals surface area contributed by atoms with E-state index in [2.05, 4.69) is 41.1 Å². The molecule has 1 spiro atoms. The lowest BCUT2D eigenvalue weighted by atomic mass is 9.73. The van der Waals surface area contributed by atoms with Gasteiger partial charge in [-0.25, -0.2) is 0 Å². The molecule has 0 aromatic carbocycles. The average Bonchev–Trinajstić information content (AvgIpc) is 3.15. The first kappa shape index (κ1) is 16.3. The smallest absolute Gasteiger partial charge is 0.228 e. The third-order valence-electron chi connectivity index (χ3n) is 5.54. The minimum atomic E-state index is -0.470. The zero-order valence-electron chi connectivity index (χ0n) is 12.4. The second-order valence-corrected chi connectivity index (χ2v) is 8.14. The van der Waals surface area contributed by atoms with Gasteiger partial charge in [-0.3, -0.25) is 9.59 Å². The van der Waals surface area contributed by atoms with E-state index in [-0.39, 0.29) is 29.7 Å². The number of nitrogens with zero attached hydrogens (tertiary/aromatic N) is 1. The molecule has 0 radical (unpaired) electrons. The Balaban J connectivity index is 1.95. The van der Waals surface area contributed by atoms with E-state index in [1.54, 1.807) is 0 Å². The molecular weight excluding hydrogens is 415 g/mol.